The lowest BCUT2D eigenvalue weighted by Crippen LogP contribution is -2.15. The third-order valence-corrected chi connectivity index (χ3v) is 1.99. The molecule has 0 unspecified atom stereocenters. The van der Waals surface area contributed by atoms with E-state index in [4.69, 9.17) is 0 Å². The lowest BCUT2D eigenvalue weighted by atomic mass is 10.1. The molecule has 14 heavy (non-hydrogen) atoms. The van der Waals surface area contributed by atoms with E-state index in [0.29, 0.717) is 0 Å². The molecule has 0 spiro atoms. The maximum Gasteiger partial charge on any atom is 0.0534 e. The summed E-state index contributed by atoms with van der Waals surface area (Å²) in [4.78, 5) is 0. The molecule has 0 aliphatic rings. The zero-order valence-electron chi connectivity index (χ0n) is 9.16. The van der Waals surface area contributed by atoms with Crippen LogP contribution in [0, 0.1) is 5.92 Å². The van der Waals surface area contributed by atoms with Gasteiger partial charge in [-0.1, -0.05) is 13.8 Å². The second-order valence-corrected chi connectivity index (χ2v) is 3.88. The third-order valence-electron chi connectivity index (χ3n) is 1.99. The van der Waals surface area contributed by atoms with Gasteiger partial charge < -0.3 is 5.32 Å². The van der Waals surface area contributed by atoms with Crippen LogP contribution in [0.25, 0.3) is 0 Å². The number of hydrogen-bond acceptors (Lipinski definition) is 2. The lowest BCUT2D eigenvalue weighted by Gasteiger charge is -2.04. The highest BCUT2D eigenvalue weighted by Gasteiger charge is 1.96. The van der Waals surface area contributed by atoms with Crippen molar-refractivity contribution in [1.82, 2.24) is 15.1 Å². The van der Waals surface area contributed by atoms with Gasteiger partial charge in [0.2, 0.25) is 0 Å². The standard InChI is InChI=1S/C10H19N3.ClH/c1-9(2)4-5-11-6-10-7-12-13(3)8-10;/h7-9,11H,4-6H2,1-3H3;1H. The number of aryl methyl sites for hydroxylation is 1. The van der Waals surface area contributed by atoms with Gasteiger partial charge in [0.1, 0.15) is 0 Å². The monoisotopic (exact) mass is 217 g/mol. The first-order valence-electron chi connectivity index (χ1n) is 4.86. The summed E-state index contributed by atoms with van der Waals surface area (Å²) in [6, 6.07) is 0. The van der Waals surface area contributed by atoms with Crippen LogP contribution in [0.5, 0.6) is 0 Å². The second kappa shape index (κ2) is 6.85. The zero-order valence-corrected chi connectivity index (χ0v) is 9.97. The van der Waals surface area contributed by atoms with Crippen molar-refractivity contribution in [1.29, 1.82) is 0 Å². The van der Waals surface area contributed by atoms with Crippen LogP contribution in [0.1, 0.15) is 25.8 Å². The summed E-state index contributed by atoms with van der Waals surface area (Å²) >= 11 is 0. The molecule has 1 aromatic rings. The van der Waals surface area contributed by atoms with Gasteiger partial charge in [0.05, 0.1) is 6.20 Å². The molecule has 1 rings (SSSR count). The highest BCUT2D eigenvalue weighted by Crippen LogP contribution is 1.98. The van der Waals surface area contributed by atoms with Crippen molar-refractivity contribution in [2.75, 3.05) is 6.54 Å². The molecule has 0 aliphatic carbocycles. The Morgan fingerprint density at radius 3 is 2.71 bits per heavy atom. The first-order valence-corrected chi connectivity index (χ1v) is 4.86. The molecule has 0 aliphatic heterocycles. The molecule has 0 aromatic carbocycles. The van der Waals surface area contributed by atoms with Crippen molar-refractivity contribution in [3.63, 3.8) is 0 Å². The highest BCUT2D eigenvalue weighted by atomic mass is 35.5. The first-order chi connectivity index (χ1) is 6.18. The van der Waals surface area contributed by atoms with Crippen molar-refractivity contribution >= 4 is 12.4 Å². The third kappa shape index (κ3) is 5.25. The topological polar surface area (TPSA) is 29.9 Å². The summed E-state index contributed by atoms with van der Waals surface area (Å²) in [5.74, 6) is 0.779. The molecule has 0 radical (unpaired) electrons. The van der Waals surface area contributed by atoms with Crippen LogP contribution in [0.2, 0.25) is 0 Å². The molecule has 0 saturated carbocycles. The molecule has 0 saturated heterocycles. The highest BCUT2D eigenvalue weighted by molar-refractivity contribution is 5.85. The van der Waals surface area contributed by atoms with E-state index in [2.05, 4.69) is 24.3 Å². The Morgan fingerprint density at radius 1 is 1.50 bits per heavy atom. The quantitative estimate of drug-likeness (QED) is 0.765. The molecule has 1 aromatic heterocycles. The van der Waals surface area contributed by atoms with Crippen LogP contribution < -0.4 is 5.32 Å². The zero-order chi connectivity index (χ0) is 9.68. The molecule has 0 atom stereocenters. The van der Waals surface area contributed by atoms with E-state index in [1.807, 2.05) is 24.1 Å². The van der Waals surface area contributed by atoms with Gasteiger partial charge in [-0.2, -0.15) is 5.10 Å². The van der Waals surface area contributed by atoms with Crippen LogP contribution in [0.3, 0.4) is 0 Å². The molecule has 82 valence electrons. The van der Waals surface area contributed by atoms with Gasteiger partial charge >= 0.3 is 0 Å². The minimum atomic E-state index is 0. The van der Waals surface area contributed by atoms with Gasteiger partial charge in [-0.15, -0.1) is 12.4 Å². The molecule has 0 amide bonds. The molecule has 4 heteroatoms. The van der Waals surface area contributed by atoms with E-state index < -0.39 is 0 Å². The Hall–Kier alpha value is -0.540. The molecular formula is C10H20ClN3. The van der Waals surface area contributed by atoms with Crippen LogP contribution in [0.15, 0.2) is 12.4 Å². The fourth-order valence-corrected chi connectivity index (χ4v) is 1.19. The predicted octanol–water partition coefficient (Wildman–Crippen LogP) is 1.98. The number of hydrogen-bond donors (Lipinski definition) is 1. The molecule has 3 nitrogen and oxygen atoms in total. The Labute approximate surface area is 92.3 Å². The fraction of sp³-hybridized carbons (Fsp3) is 0.700. The Bertz CT molecular complexity index is 245. The number of halogens is 1. The minimum Gasteiger partial charge on any atom is -0.313 e. The number of nitrogens with zero attached hydrogens (tertiary/aromatic N) is 2. The first kappa shape index (κ1) is 13.5. The smallest absolute Gasteiger partial charge is 0.0534 e. The average Bonchev–Trinajstić information content (AvgIpc) is 2.45. The molecular weight excluding hydrogens is 198 g/mol. The van der Waals surface area contributed by atoms with E-state index in [-0.39, 0.29) is 12.4 Å². The lowest BCUT2D eigenvalue weighted by molar-refractivity contribution is 0.537. The minimum absolute atomic E-state index is 0. The number of rotatable bonds is 5. The van der Waals surface area contributed by atoms with Gasteiger partial charge in [-0.25, -0.2) is 0 Å². The summed E-state index contributed by atoms with van der Waals surface area (Å²) in [7, 11) is 1.94. The summed E-state index contributed by atoms with van der Waals surface area (Å²) in [6.45, 7) is 6.50. The molecule has 0 bridgehead atoms. The van der Waals surface area contributed by atoms with Crippen molar-refractivity contribution in [3.05, 3.63) is 18.0 Å². The predicted molar refractivity (Wildman–Crippen MR) is 61.6 cm³/mol. The maximum absolute atomic E-state index is 4.11. The Balaban J connectivity index is 0.00000169. The van der Waals surface area contributed by atoms with Crippen molar-refractivity contribution in [2.24, 2.45) is 13.0 Å². The van der Waals surface area contributed by atoms with Crippen molar-refractivity contribution in [3.8, 4) is 0 Å². The SMILES string of the molecule is CC(C)CCNCc1cnn(C)c1.Cl. The summed E-state index contributed by atoms with van der Waals surface area (Å²) in [5, 5.41) is 7.50. The van der Waals surface area contributed by atoms with Gasteiger partial charge in [0, 0.05) is 25.4 Å². The summed E-state index contributed by atoms with van der Waals surface area (Å²) < 4.78 is 1.83. The fourth-order valence-electron chi connectivity index (χ4n) is 1.19. The van der Waals surface area contributed by atoms with E-state index in [9.17, 15) is 0 Å². The Kier molecular flexibility index (Phi) is 6.58. The van der Waals surface area contributed by atoms with E-state index in [0.717, 1.165) is 19.0 Å². The summed E-state index contributed by atoms with van der Waals surface area (Å²) in [5.41, 5.74) is 1.26. The van der Waals surface area contributed by atoms with E-state index >= 15 is 0 Å². The van der Waals surface area contributed by atoms with Crippen LogP contribution in [0.4, 0.5) is 0 Å². The van der Waals surface area contributed by atoms with Crippen LogP contribution >= 0.6 is 12.4 Å². The van der Waals surface area contributed by atoms with Crippen molar-refractivity contribution in [2.45, 2.75) is 26.8 Å². The Morgan fingerprint density at radius 2 is 2.21 bits per heavy atom. The van der Waals surface area contributed by atoms with Gasteiger partial charge in [-0.3, -0.25) is 4.68 Å². The number of nitrogens with one attached hydrogen (secondary N) is 1. The molecule has 1 heterocycles. The molecule has 1 N–H and O–H groups in total. The molecule has 0 fully saturated rings. The number of aromatic nitrogens is 2. The largest absolute Gasteiger partial charge is 0.313 e. The van der Waals surface area contributed by atoms with Crippen molar-refractivity contribution < 1.29 is 0 Å². The van der Waals surface area contributed by atoms with Gasteiger partial charge in [0.15, 0.2) is 0 Å². The van der Waals surface area contributed by atoms with E-state index in [1.54, 1.807) is 0 Å². The average molecular weight is 218 g/mol. The second-order valence-electron chi connectivity index (χ2n) is 3.88. The van der Waals surface area contributed by atoms with E-state index in [1.165, 1.54) is 12.0 Å². The van der Waals surface area contributed by atoms with Gasteiger partial charge in [0.25, 0.3) is 0 Å². The normalized spacial score (nSPS) is 10.3. The summed E-state index contributed by atoms with van der Waals surface area (Å²) in [6.07, 6.45) is 5.19. The van der Waals surface area contributed by atoms with Crippen LogP contribution in [-0.2, 0) is 13.6 Å². The van der Waals surface area contributed by atoms with Crippen LogP contribution in [-0.4, -0.2) is 16.3 Å². The maximum atomic E-state index is 4.11. The van der Waals surface area contributed by atoms with Gasteiger partial charge in [-0.05, 0) is 18.9 Å².